The summed E-state index contributed by atoms with van der Waals surface area (Å²) >= 11 is 0. The number of amides is 3. The van der Waals surface area contributed by atoms with Gasteiger partial charge in [-0.1, -0.05) is 24.3 Å². The van der Waals surface area contributed by atoms with E-state index in [0.717, 1.165) is 5.56 Å². The molecule has 0 spiro atoms. The Balaban J connectivity index is 1.29. The molecule has 27 heavy (non-hydrogen) atoms. The van der Waals surface area contributed by atoms with Crippen molar-refractivity contribution in [3.8, 4) is 0 Å². The van der Waals surface area contributed by atoms with Gasteiger partial charge in [0.1, 0.15) is 0 Å². The topological polar surface area (TPSA) is 52.7 Å². The van der Waals surface area contributed by atoms with Crippen molar-refractivity contribution in [2.24, 2.45) is 0 Å². The Labute approximate surface area is 155 Å². The molecule has 0 radical (unpaired) electrons. The van der Waals surface area contributed by atoms with Crippen LogP contribution in [0.15, 0.2) is 24.3 Å². The number of urea groups is 1. The third-order valence-corrected chi connectivity index (χ3v) is 5.94. The third kappa shape index (κ3) is 3.15. The summed E-state index contributed by atoms with van der Waals surface area (Å²) in [6.07, 6.45) is -3.87. The molecule has 0 aromatic heterocycles. The second-order valence-electron chi connectivity index (χ2n) is 7.89. The van der Waals surface area contributed by atoms with Crippen LogP contribution in [0.25, 0.3) is 0 Å². The first-order valence-corrected chi connectivity index (χ1v) is 9.18. The summed E-state index contributed by atoms with van der Waals surface area (Å²) in [5, 5.41) is 2.78. The number of rotatable bonds is 3. The van der Waals surface area contributed by atoms with E-state index in [4.69, 9.17) is 0 Å². The Morgan fingerprint density at radius 1 is 1.04 bits per heavy atom. The van der Waals surface area contributed by atoms with Gasteiger partial charge in [-0.2, -0.15) is 13.2 Å². The Bertz CT molecular complexity index is 746. The second-order valence-corrected chi connectivity index (χ2v) is 7.89. The molecule has 0 atom stereocenters. The zero-order chi connectivity index (χ0) is 19.4. The molecule has 1 aliphatic carbocycles. The Morgan fingerprint density at radius 2 is 1.59 bits per heavy atom. The Morgan fingerprint density at radius 3 is 2.07 bits per heavy atom. The maximum absolute atomic E-state index is 13.2. The number of likely N-dealkylation sites (tertiary alicyclic amines) is 2. The van der Waals surface area contributed by atoms with E-state index in [1.165, 1.54) is 6.92 Å². The number of halogens is 3. The molecular formula is C19H22F3N3O2. The van der Waals surface area contributed by atoms with E-state index in [0.29, 0.717) is 31.7 Å². The van der Waals surface area contributed by atoms with Crippen LogP contribution in [0.2, 0.25) is 0 Å². The molecule has 3 amide bonds. The molecule has 0 unspecified atom stereocenters. The van der Waals surface area contributed by atoms with Gasteiger partial charge in [-0.3, -0.25) is 4.79 Å². The lowest BCUT2D eigenvalue weighted by molar-refractivity contribution is -0.160. The molecule has 2 saturated heterocycles. The number of nitrogens with zero attached hydrogens (tertiary/aromatic N) is 2. The number of hydrogen-bond acceptors (Lipinski definition) is 2. The summed E-state index contributed by atoms with van der Waals surface area (Å²) in [6, 6.07) is 6.70. The van der Waals surface area contributed by atoms with Gasteiger partial charge >= 0.3 is 12.2 Å². The summed E-state index contributed by atoms with van der Waals surface area (Å²) in [7, 11) is 0. The number of alkyl halides is 3. The molecule has 146 valence electrons. The molecule has 4 rings (SSSR count). The fraction of sp³-hybridized carbons (Fsp3) is 0.579. The average molecular weight is 381 g/mol. The molecule has 3 fully saturated rings. The van der Waals surface area contributed by atoms with E-state index in [2.05, 4.69) is 5.32 Å². The molecule has 3 aliphatic rings. The second kappa shape index (κ2) is 6.14. The first-order chi connectivity index (χ1) is 12.7. The van der Waals surface area contributed by atoms with Gasteiger partial charge < -0.3 is 15.1 Å². The summed E-state index contributed by atoms with van der Waals surface area (Å²) in [6.45, 7) is 3.64. The minimum Gasteiger partial charge on any atom is -0.350 e. The molecule has 2 heterocycles. The Kier molecular flexibility index (Phi) is 4.12. The van der Waals surface area contributed by atoms with Gasteiger partial charge in [-0.25, -0.2) is 4.79 Å². The minimum absolute atomic E-state index is 0.0273. The van der Waals surface area contributed by atoms with Gasteiger partial charge in [0, 0.05) is 39.0 Å². The van der Waals surface area contributed by atoms with Crippen molar-refractivity contribution in [2.75, 3.05) is 26.2 Å². The van der Waals surface area contributed by atoms with Crippen LogP contribution in [-0.2, 0) is 10.2 Å². The Hall–Kier alpha value is -2.25. The van der Waals surface area contributed by atoms with Crippen LogP contribution in [-0.4, -0.2) is 60.1 Å². The zero-order valence-electron chi connectivity index (χ0n) is 15.1. The summed E-state index contributed by atoms with van der Waals surface area (Å²) in [5.74, 6) is 0.0644. The molecule has 1 N–H and O–H groups in total. The van der Waals surface area contributed by atoms with Gasteiger partial charge in [-0.05, 0) is 24.0 Å². The van der Waals surface area contributed by atoms with Crippen molar-refractivity contribution in [2.45, 2.75) is 43.3 Å². The van der Waals surface area contributed by atoms with Crippen LogP contribution in [0.4, 0.5) is 18.0 Å². The molecule has 1 saturated carbocycles. The summed E-state index contributed by atoms with van der Waals surface area (Å²) in [5.41, 5.74) is -0.328. The van der Waals surface area contributed by atoms with Crippen LogP contribution >= 0.6 is 0 Å². The van der Waals surface area contributed by atoms with Gasteiger partial charge in [0.05, 0.1) is 11.5 Å². The highest BCUT2D eigenvalue weighted by Gasteiger charge is 2.64. The fourth-order valence-electron chi connectivity index (χ4n) is 3.99. The van der Waals surface area contributed by atoms with Crippen molar-refractivity contribution in [1.82, 2.24) is 15.1 Å². The quantitative estimate of drug-likeness (QED) is 0.875. The average Bonchev–Trinajstić information content (AvgIpc) is 3.30. The minimum atomic E-state index is -4.19. The monoisotopic (exact) mass is 381 g/mol. The number of benzene rings is 1. The van der Waals surface area contributed by atoms with Crippen LogP contribution < -0.4 is 5.32 Å². The fourth-order valence-corrected chi connectivity index (χ4v) is 3.99. The first-order valence-electron chi connectivity index (χ1n) is 9.18. The van der Waals surface area contributed by atoms with E-state index >= 15 is 0 Å². The summed E-state index contributed by atoms with van der Waals surface area (Å²) in [4.78, 5) is 26.7. The third-order valence-electron chi connectivity index (χ3n) is 5.94. The van der Waals surface area contributed by atoms with Gasteiger partial charge in [0.25, 0.3) is 0 Å². The number of hydrogen-bond donors (Lipinski definition) is 1. The van der Waals surface area contributed by atoms with E-state index in [9.17, 15) is 22.8 Å². The van der Waals surface area contributed by atoms with Crippen molar-refractivity contribution >= 4 is 11.9 Å². The molecule has 5 nitrogen and oxygen atoms in total. The zero-order valence-corrected chi connectivity index (χ0v) is 15.1. The number of nitrogens with one attached hydrogen (secondary N) is 1. The van der Waals surface area contributed by atoms with Crippen LogP contribution in [0.3, 0.4) is 0 Å². The highest BCUT2D eigenvalue weighted by molar-refractivity contribution is 5.78. The standard InChI is InChI=1S/C19H22F3N3O2/c1-12(26)23-16-10-25(11-16)17(27)24-8-14(9-24)13-2-4-15(5-3-13)18(6-7-18)19(20,21)22/h2-5,14,16H,6-11H2,1H3,(H,23,26). The highest BCUT2D eigenvalue weighted by Crippen LogP contribution is 2.58. The molecule has 0 bridgehead atoms. The van der Waals surface area contributed by atoms with Crippen molar-refractivity contribution in [3.63, 3.8) is 0 Å². The van der Waals surface area contributed by atoms with E-state index < -0.39 is 11.6 Å². The lowest BCUT2D eigenvalue weighted by Crippen LogP contribution is -2.65. The largest absolute Gasteiger partial charge is 0.398 e. The van der Waals surface area contributed by atoms with Crippen molar-refractivity contribution in [3.05, 3.63) is 35.4 Å². The lowest BCUT2D eigenvalue weighted by atomic mass is 9.88. The van der Waals surface area contributed by atoms with Gasteiger partial charge in [0.2, 0.25) is 5.91 Å². The maximum atomic E-state index is 13.2. The van der Waals surface area contributed by atoms with Crippen LogP contribution in [0, 0.1) is 0 Å². The summed E-state index contributed by atoms with van der Waals surface area (Å²) < 4.78 is 39.6. The maximum Gasteiger partial charge on any atom is 0.398 e. The van der Waals surface area contributed by atoms with Gasteiger partial charge in [0.15, 0.2) is 0 Å². The van der Waals surface area contributed by atoms with E-state index in [-0.39, 0.29) is 36.7 Å². The predicted molar refractivity (Wildman–Crippen MR) is 92.3 cm³/mol. The number of carbonyl (C=O) groups is 2. The van der Waals surface area contributed by atoms with E-state index in [1.807, 2.05) is 0 Å². The van der Waals surface area contributed by atoms with Crippen molar-refractivity contribution < 1.29 is 22.8 Å². The number of carbonyl (C=O) groups excluding carboxylic acids is 2. The normalized spacial score (nSPS) is 22.1. The van der Waals surface area contributed by atoms with Crippen LogP contribution in [0.1, 0.15) is 36.8 Å². The highest BCUT2D eigenvalue weighted by atomic mass is 19.4. The molecular weight excluding hydrogens is 359 g/mol. The molecule has 2 aliphatic heterocycles. The van der Waals surface area contributed by atoms with Gasteiger partial charge in [-0.15, -0.1) is 0 Å². The molecule has 8 heteroatoms. The van der Waals surface area contributed by atoms with Crippen LogP contribution in [0.5, 0.6) is 0 Å². The SMILES string of the molecule is CC(=O)NC1CN(C(=O)N2CC(c3ccc(C4(C(F)(F)F)CC4)cc3)C2)C1. The smallest absolute Gasteiger partial charge is 0.350 e. The first kappa shape index (κ1) is 18.1. The van der Waals surface area contributed by atoms with Crippen molar-refractivity contribution in [1.29, 1.82) is 0 Å². The predicted octanol–water partition coefficient (Wildman–Crippen LogP) is 2.62. The molecule has 1 aromatic carbocycles. The lowest BCUT2D eigenvalue weighted by Gasteiger charge is -2.47. The van der Waals surface area contributed by atoms with E-state index in [1.54, 1.807) is 34.1 Å². The molecule has 1 aromatic rings.